The van der Waals surface area contributed by atoms with Gasteiger partial charge in [-0.1, -0.05) is 0 Å². The number of pyridine rings is 1. The number of alkyl halides is 5. The fourth-order valence-corrected chi connectivity index (χ4v) is 1.42. The monoisotopic (exact) mass is 301 g/mol. The maximum Gasteiger partial charge on any atom is 0.420 e. The van der Waals surface area contributed by atoms with Gasteiger partial charge in [0.25, 0.3) is 6.43 Å². The predicted molar refractivity (Wildman–Crippen MR) is 54.5 cm³/mol. The average Bonchev–Trinajstić information content (AvgIpc) is 2.26. The number of aromatic nitrogens is 1. The van der Waals surface area contributed by atoms with Crippen molar-refractivity contribution < 1.29 is 35.9 Å². The molecular formula is C11H9F6NO2. The summed E-state index contributed by atoms with van der Waals surface area (Å²) < 4.78 is 80.2. The third kappa shape index (κ3) is 3.84. The summed E-state index contributed by atoms with van der Waals surface area (Å²) in [4.78, 5) is 13.9. The fourth-order valence-electron chi connectivity index (χ4n) is 1.42. The van der Waals surface area contributed by atoms with E-state index >= 15 is 0 Å². The topological polar surface area (TPSA) is 39.2 Å². The highest BCUT2D eigenvalue weighted by molar-refractivity contribution is 5.72. The van der Waals surface area contributed by atoms with E-state index < -0.39 is 47.8 Å². The first-order valence-electron chi connectivity index (χ1n) is 5.37. The Kier molecular flexibility index (Phi) is 4.96. The lowest BCUT2D eigenvalue weighted by Crippen LogP contribution is -2.16. The van der Waals surface area contributed by atoms with Crippen molar-refractivity contribution in [3.05, 3.63) is 28.8 Å². The summed E-state index contributed by atoms with van der Waals surface area (Å²) in [5.74, 6) is -2.94. The molecule has 0 aliphatic carbocycles. The van der Waals surface area contributed by atoms with E-state index in [2.05, 4.69) is 9.72 Å². The van der Waals surface area contributed by atoms with E-state index in [1.165, 1.54) is 6.92 Å². The summed E-state index contributed by atoms with van der Waals surface area (Å²) in [6, 6.07) is -0.0401. The Morgan fingerprint density at radius 3 is 2.45 bits per heavy atom. The molecular weight excluding hydrogens is 292 g/mol. The van der Waals surface area contributed by atoms with E-state index in [-0.39, 0.29) is 12.7 Å². The first kappa shape index (κ1) is 16.3. The minimum Gasteiger partial charge on any atom is -0.466 e. The maximum atomic E-state index is 13.2. The Balaban J connectivity index is 3.25. The van der Waals surface area contributed by atoms with Crippen LogP contribution in [0.1, 0.15) is 30.2 Å². The van der Waals surface area contributed by atoms with E-state index in [1.54, 1.807) is 0 Å². The van der Waals surface area contributed by atoms with Crippen LogP contribution in [0, 0.1) is 5.95 Å². The number of nitrogens with zero attached hydrogens (tertiary/aromatic N) is 1. The molecule has 112 valence electrons. The van der Waals surface area contributed by atoms with Crippen LogP contribution in [0.2, 0.25) is 0 Å². The number of hydrogen-bond acceptors (Lipinski definition) is 3. The highest BCUT2D eigenvalue weighted by Gasteiger charge is 2.37. The Morgan fingerprint density at radius 2 is 2.00 bits per heavy atom. The molecule has 3 nitrogen and oxygen atoms in total. The number of carbonyl (C=O) groups excluding carboxylic acids is 1. The van der Waals surface area contributed by atoms with Gasteiger partial charge in [-0.2, -0.15) is 17.6 Å². The molecule has 0 amide bonds. The van der Waals surface area contributed by atoms with Gasteiger partial charge in [0.05, 0.1) is 18.7 Å². The maximum absolute atomic E-state index is 13.2. The zero-order valence-corrected chi connectivity index (χ0v) is 10.1. The van der Waals surface area contributed by atoms with Crippen LogP contribution in [0.15, 0.2) is 6.07 Å². The number of rotatable bonds is 4. The van der Waals surface area contributed by atoms with E-state index in [1.807, 2.05) is 0 Å². The summed E-state index contributed by atoms with van der Waals surface area (Å²) in [6.07, 6.45) is -9.31. The predicted octanol–water partition coefficient (Wildman–Crippen LogP) is 3.28. The smallest absolute Gasteiger partial charge is 0.420 e. The van der Waals surface area contributed by atoms with Crippen LogP contribution in [0.5, 0.6) is 0 Å². The van der Waals surface area contributed by atoms with Gasteiger partial charge in [0.2, 0.25) is 5.95 Å². The molecule has 20 heavy (non-hydrogen) atoms. The number of ether oxygens (including phenoxy) is 1. The second-order valence-corrected chi connectivity index (χ2v) is 3.64. The highest BCUT2D eigenvalue weighted by Crippen LogP contribution is 2.34. The summed E-state index contributed by atoms with van der Waals surface area (Å²) in [6.45, 7) is 1.40. The normalized spacial score (nSPS) is 11.8. The van der Waals surface area contributed by atoms with Crippen LogP contribution >= 0.6 is 0 Å². The molecule has 0 aromatic carbocycles. The van der Waals surface area contributed by atoms with Crippen molar-refractivity contribution in [2.75, 3.05) is 6.61 Å². The van der Waals surface area contributed by atoms with E-state index in [4.69, 9.17) is 0 Å². The summed E-state index contributed by atoms with van der Waals surface area (Å²) in [7, 11) is 0. The van der Waals surface area contributed by atoms with Crippen LogP contribution in [-0.4, -0.2) is 17.6 Å². The molecule has 0 fully saturated rings. The molecule has 0 radical (unpaired) electrons. The van der Waals surface area contributed by atoms with Crippen molar-refractivity contribution in [3.63, 3.8) is 0 Å². The van der Waals surface area contributed by atoms with Crippen molar-refractivity contribution in [1.29, 1.82) is 0 Å². The molecule has 0 aliphatic rings. The van der Waals surface area contributed by atoms with Gasteiger partial charge in [0.15, 0.2) is 0 Å². The quantitative estimate of drug-likeness (QED) is 0.487. The van der Waals surface area contributed by atoms with Crippen molar-refractivity contribution in [1.82, 2.24) is 4.98 Å². The molecule has 1 rings (SSSR count). The second kappa shape index (κ2) is 6.10. The van der Waals surface area contributed by atoms with Crippen molar-refractivity contribution in [3.8, 4) is 0 Å². The Labute approximate surface area is 109 Å². The van der Waals surface area contributed by atoms with Crippen LogP contribution in [0.3, 0.4) is 0 Å². The Morgan fingerprint density at radius 1 is 1.40 bits per heavy atom. The van der Waals surface area contributed by atoms with Gasteiger partial charge in [-0.05, 0) is 13.0 Å². The summed E-state index contributed by atoms with van der Waals surface area (Å²) in [5.41, 5.74) is -3.82. The van der Waals surface area contributed by atoms with Gasteiger partial charge >= 0.3 is 12.1 Å². The molecule has 0 spiro atoms. The molecule has 0 N–H and O–H groups in total. The van der Waals surface area contributed by atoms with Gasteiger partial charge < -0.3 is 4.74 Å². The van der Waals surface area contributed by atoms with Crippen LogP contribution in [0.4, 0.5) is 26.3 Å². The molecule has 0 aliphatic heterocycles. The number of hydrogen-bond donors (Lipinski definition) is 0. The van der Waals surface area contributed by atoms with Crippen molar-refractivity contribution >= 4 is 5.97 Å². The first-order chi connectivity index (χ1) is 9.16. The van der Waals surface area contributed by atoms with Gasteiger partial charge in [0, 0.05) is 5.56 Å². The standard InChI is InChI=1S/C11H9F6NO2/c1-2-20-8(19)4-7-5(9(12)13)3-6(10(14)18-7)11(15,16)17/h3,9H,2,4H2,1H3. The lowest BCUT2D eigenvalue weighted by Gasteiger charge is -2.13. The second-order valence-electron chi connectivity index (χ2n) is 3.64. The first-order valence-corrected chi connectivity index (χ1v) is 5.37. The molecule has 0 unspecified atom stereocenters. The zero-order valence-electron chi connectivity index (χ0n) is 10.1. The summed E-state index contributed by atoms with van der Waals surface area (Å²) >= 11 is 0. The van der Waals surface area contributed by atoms with Crippen LogP contribution in [0.25, 0.3) is 0 Å². The SMILES string of the molecule is CCOC(=O)Cc1nc(F)c(C(F)(F)F)cc1C(F)F. The van der Waals surface area contributed by atoms with Crippen molar-refractivity contribution in [2.24, 2.45) is 0 Å². The lowest BCUT2D eigenvalue weighted by atomic mass is 10.1. The summed E-state index contributed by atoms with van der Waals surface area (Å²) in [5, 5.41) is 0. The molecule has 1 aromatic rings. The van der Waals surface area contributed by atoms with E-state index in [9.17, 15) is 31.1 Å². The fraction of sp³-hybridized carbons (Fsp3) is 0.455. The Hall–Kier alpha value is -1.80. The minimum atomic E-state index is -5.15. The van der Waals surface area contributed by atoms with Crippen LogP contribution < -0.4 is 0 Å². The molecule has 0 bridgehead atoms. The third-order valence-corrected chi connectivity index (χ3v) is 2.25. The highest BCUT2D eigenvalue weighted by atomic mass is 19.4. The lowest BCUT2D eigenvalue weighted by molar-refractivity contribution is -0.142. The Bertz CT molecular complexity index is 500. The van der Waals surface area contributed by atoms with E-state index in [0.29, 0.717) is 0 Å². The molecule has 0 saturated carbocycles. The van der Waals surface area contributed by atoms with E-state index in [0.717, 1.165) is 0 Å². The number of halogens is 6. The van der Waals surface area contributed by atoms with Crippen molar-refractivity contribution in [2.45, 2.75) is 25.9 Å². The minimum absolute atomic E-state index is 0.0401. The molecule has 0 saturated heterocycles. The number of esters is 1. The van der Waals surface area contributed by atoms with Gasteiger partial charge in [0.1, 0.15) is 5.56 Å². The molecule has 9 heteroatoms. The average molecular weight is 301 g/mol. The molecule has 0 atom stereocenters. The van der Waals surface area contributed by atoms with Gasteiger partial charge in [-0.15, -0.1) is 0 Å². The molecule has 1 heterocycles. The van der Waals surface area contributed by atoms with Crippen LogP contribution in [-0.2, 0) is 22.1 Å². The number of carbonyl (C=O) groups is 1. The zero-order chi connectivity index (χ0) is 15.5. The van der Waals surface area contributed by atoms with Gasteiger partial charge in [-0.25, -0.2) is 13.8 Å². The largest absolute Gasteiger partial charge is 0.466 e. The third-order valence-electron chi connectivity index (χ3n) is 2.25. The van der Waals surface area contributed by atoms with Gasteiger partial charge in [-0.3, -0.25) is 4.79 Å². The molecule has 1 aromatic heterocycles.